The van der Waals surface area contributed by atoms with Gasteiger partial charge in [0.05, 0.1) is 25.4 Å². The number of methoxy groups -OCH3 is 1. The van der Waals surface area contributed by atoms with Crippen LogP contribution in [0.5, 0.6) is 11.5 Å². The van der Waals surface area contributed by atoms with Crippen LogP contribution in [0.25, 0.3) is 0 Å². The van der Waals surface area contributed by atoms with Gasteiger partial charge in [-0.1, -0.05) is 44.2 Å². The lowest BCUT2D eigenvalue weighted by Gasteiger charge is -2.22. The van der Waals surface area contributed by atoms with Crippen LogP contribution in [0.1, 0.15) is 50.8 Å². The number of carbonyl (C=O) groups excluding carboxylic acids is 1. The highest BCUT2D eigenvalue weighted by molar-refractivity contribution is 5.95. The quantitative estimate of drug-likeness (QED) is 0.613. The van der Waals surface area contributed by atoms with Crippen molar-refractivity contribution in [3.63, 3.8) is 0 Å². The second-order valence-electron chi connectivity index (χ2n) is 8.00. The third-order valence-corrected chi connectivity index (χ3v) is 5.33. The van der Waals surface area contributed by atoms with Crippen molar-refractivity contribution in [2.75, 3.05) is 25.2 Å². The summed E-state index contributed by atoms with van der Waals surface area (Å²) in [6.07, 6.45) is 2.93. The van der Waals surface area contributed by atoms with Crippen molar-refractivity contribution in [2.24, 2.45) is 5.92 Å². The number of fused-ring (bicyclic) bond motifs is 1. The molecule has 0 radical (unpaired) electrons. The highest BCUT2D eigenvalue weighted by Crippen LogP contribution is 2.39. The van der Waals surface area contributed by atoms with Gasteiger partial charge in [0, 0.05) is 12.6 Å². The minimum Gasteiger partial charge on any atom is -0.493 e. The molecule has 1 atom stereocenters. The number of urea groups is 1. The number of benzene rings is 2. The molecule has 2 aromatic rings. The number of nitrogens with zero attached hydrogens (tertiary/aromatic N) is 1. The van der Waals surface area contributed by atoms with E-state index >= 15 is 0 Å². The Balaban J connectivity index is 1.71. The van der Waals surface area contributed by atoms with E-state index < -0.39 is 0 Å². The number of hydrogen-bond acceptors (Lipinski definition) is 3. The highest BCUT2D eigenvalue weighted by atomic mass is 16.5. The molecule has 5 heteroatoms. The van der Waals surface area contributed by atoms with Crippen molar-refractivity contribution in [1.29, 1.82) is 0 Å². The van der Waals surface area contributed by atoms with Gasteiger partial charge in [0.15, 0.2) is 11.5 Å². The van der Waals surface area contributed by atoms with Gasteiger partial charge in [-0.15, -0.1) is 0 Å². The Hall–Kier alpha value is -2.69. The molecule has 0 spiro atoms. The zero-order chi connectivity index (χ0) is 20.8. The number of rotatable bonds is 8. The predicted molar refractivity (Wildman–Crippen MR) is 117 cm³/mol. The number of hydrogen-bond donors (Lipinski definition) is 1. The van der Waals surface area contributed by atoms with E-state index in [9.17, 15) is 4.79 Å². The SMILES string of the molecule is COc1cc2c(cc1OCCCC(C)C)N(C(=O)N[C@@H](C)c1ccccc1)CC2. The Kier molecular flexibility index (Phi) is 7.02. The summed E-state index contributed by atoms with van der Waals surface area (Å²) in [5, 5.41) is 3.11. The third kappa shape index (κ3) is 5.22. The Morgan fingerprint density at radius 1 is 1.14 bits per heavy atom. The van der Waals surface area contributed by atoms with Gasteiger partial charge in [-0.05, 0) is 49.3 Å². The van der Waals surface area contributed by atoms with Crippen LogP contribution >= 0.6 is 0 Å². The lowest BCUT2D eigenvalue weighted by atomic mass is 10.1. The lowest BCUT2D eigenvalue weighted by Crippen LogP contribution is -2.40. The Labute approximate surface area is 174 Å². The summed E-state index contributed by atoms with van der Waals surface area (Å²) in [6.45, 7) is 7.72. The van der Waals surface area contributed by atoms with Crippen molar-refractivity contribution in [3.05, 3.63) is 53.6 Å². The van der Waals surface area contributed by atoms with Crippen LogP contribution in [0.3, 0.4) is 0 Å². The summed E-state index contributed by atoms with van der Waals surface area (Å²) < 4.78 is 11.5. The molecule has 0 bridgehead atoms. The maximum Gasteiger partial charge on any atom is 0.322 e. The molecule has 0 fully saturated rings. The zero-order valence-electron chi connectivity index (χ0n) is 17.9. The average molecular weight is 397 g/mol. The molecular weight excluding hydrogens is 364 g/mol. The molecule has 29 heavy (non-hydrogen) atoms. The van der Waals surface area contributed by atoms with Crippen LogP contribution in [-0.2, 0) is 6.42 Å². The standard InChI is InChI=1S/C24H32N2O3/c1-17(2)9-8-14-29-23-16-21-20(15-22(23)28-4)12-13-26(21)24(27)25-18(3)19-10-6-5-7-11-19/h5-7,10-11,15-18H,8-9,12-14H2,1-4H3,(H,25,27)/t18-/m0/s1. The fourth-order valence-electron chi connectivity index (χ4n) is 3.64. The van der Waals surface area contributed by atoms with Gasteiger partial charge in [-0.25, -0.2) is 4.79 Å². The molecule has 156 valence electrons. The van der Waals surface area contributed by atoms with E-state index in [4.69, 9.17) is 9.47 Å². The van der Waals surface area contributed by atoms with Gasteiger partial charge in [-0.2, -0.15) is 0 Å². The Morgan fingerprint density at radius 3 is 2.59 bits per heavy atom. The van der Waals surface area contributed by atoms with E-state index in [0.29, 0.717) is 24.8 Å². The van der Waals surface area contributed by atoms with E-state index in [1.165, 1.54) is 0 Å². The van der Waals surface area contributed by atoms with E-state index in [-0.39, 0.29) is 12.1 Å². The molecule has 1 N–H and O–H groups in total. The molecule has 5 nitrogen and oxygen atoms in total. The molecular formula is C24H32N2O3. The molecule has 0 aromatic heterocycles. The Bertz CT molecular complexity index is 820. The van der Waals surface area contributed by atoms with Gasteiger partial charge in [0.25, 0.3) is 0 Å². The largest absolute Gasteiger partial charge is 0.493 e. The highest BCUT2D eigenvalue weighted by Gasteiger charge is 2.28. The van der Waals surface area contributed by atoms with Gasteiger partial charge in [0.1, 0.15) is 0 Å². The summed E-state index contributed by atoms with van der Waals surface area (Å²) >= 11 is 0. The van der Waals surface area contributed by atoms with Crippen molar-refractivity contribution in [2.45, 2.75) is 46.1 Å². The summed E-state index contributed by atoms with van der Waals surface area (Å²) in [6, 6.07) is 13.8. The van der Waals surface area contributed by atoms with E-state index in [2.05, 4.69) is 19.2 Å². The van der Waals surface area contributed by atoms with Crippen molar-refractivity contribution in [3.8, 4) is 11.5 Å². The first-order valence-electron chi connectivity index (χ1n) is 10.5. The van der Waals surface area contributed by atoms with Crippen molar-refractivity contribution < 1.29 is 14.3 Å². The second-order valence-corrected chi connectivity index (χ2v) is 8.00. The minimum absolute atomic E-state index is 0.0576. The number of ether oxygens (including phenoxy) is 2. The maximum atomic E-state index is 12.9. The number of amides is 2. The van der Waals surface area contributed by atoms with Gasteiger partial charge in [-0.3, -0.25) is 4.90 Å². The summed E-state index contributed by atoms with van der Waals surface area (Å²) in [5.74, 6) is 2.09. The first-order chi connectivity index (χ1) is 14.0. The number of anilines is 1. The van der Waals surface area contributed by atoms with Gasteiger partial charge in [0.2, 0.25) is 0 Å². The Morgan fingerprint density at radius 2 is 1.90 bits per heavy atom. The third-order valence-electron chi connectivity index (χ3n) is 5.33. The smallest absolute Gasteiger partial charge is 0.322 e. The fraction of sp³-hybridized carbons (Fsp3) is 0.458. The topological polar surface area (TPSA) is 50.8 Å². The second kappa shape index (κ2) is 9.68. The normalized spacial score (nSPS) is 13.9. The monoisotopic (exact) mass is 396 g/mol. The summed E-state index contributed by atoms with van der Waals surface area (Å²) in [5.41, 5.74) is 3.10. The molecule has 1 aliphatic rings. The summed E-state index contributed by atoms with van der Waals surface area (Å²) in [7, 11) is 1.66. The van der Waals surface area contributed by atoms with Crippen LogP contribution < -0.4 is 19.7 Å². The minimum atomic E-state index is -0.0870. The van der Waals surface area contributed by atoms with E-state index in [1.54, 1.807) is 12.0 Å². The van der Waals surface area contributed by atoms with Gasteiger partial charge >= 0.3 is 6.03 Å². The predicted octanol–water partition coefficient (Wildman–Crippen LogP) is 5.34. The summed E-state index contributed by atoms with van der Waals surface area (Å²) in [4.78, 5) is 14.7. The van der Waals surface area contributed by atoms with Crippen LogP contribution in [-0.4, -0.2) is 26.3 Å². The zero-order valence-corrected chi connectivity index (χ0v) is 17.9. The molecule has 1 aliphatic heterocycles. The fourth-order valence-corrected chi connectivity index (χ4v) is 3.64. The molecule has 0 unspecified atom stereocenters. The van der Waals surface area contributed by atoms with Crippen LogP contribution in [0, 0.1) is 5.92 Å². The number of carbonyl (C=O) groups is 1. The van der Waals surface area contributed by atoms with E-state index in [1.807, 2.05) is 49.4 Å². The molecule has 0 aliphatic carbocycles. The number of nitrogens with one attached hydrogen (secondary N) is 1. The average Bonchev–Trinajstić information content (AvgIpc) is 3.13. The molecule has 0 saturated carbocycles. The first-order valence-corrected chi connectivity index (χ1v) is 10.5. The van der Waals surface area contributed by atoms with Crippen LogP contribution in [0.2, 0.25) is 0 Å². The van der Waals surface area contributed by atoms with Crippen LogP contribution in [0.15, 0.2) is 42.5 Å². The molecule has 2 amide bonds. The molecule has 3 rings (SSSR count). The van der Waals surface area contributed by atoms with Crippen molar-refractivity contribution in [1.82, 2.24) is 5.32 Å². The first kappa shape index (κ1) is 21.0. The lowest BCUT2D eigenvalue weighted by molar-refractivity contribution is 0.244. The molecule has 1 heterocycles. The molecule has 2 aromatic carbocycles. The van der Waals surface area contributed by atoms with Crippen LogP contribution in [0.4, 0.5) is 10.5 Å². The van der Waals surface area contributed by atoms with Gasteiger partial charge < -0.3 is 14.8 Å². The molecule has 0 saturated heterocycles. The van der Waals surface area contributed by atoms with E-state index in [0.717, 1.165) is 41.8 Å². The maximum absolute atomic E-state index is 12.9. The van der Waals surface area contributed by atoms with Crippen molar-refractivity contribution >= 4 is 11.7 Å².